The van der Waals surface area contributed by atoms with Crippen LogP contribution in [-0.2, 0) is 11.3 Å². The van der Waals surface area contributed by atoms with Crippen LogP contribution in [0.4, 0.5) is 0 Å². The van der Waals surface area contributed by atoms with Crippen molar-refractivity contribution in [1.82, 2.24) is 24.8 Å². The molecule has 0 unspecified atom stereocenters. The van der Waals surface area contributed by atoms with Crippen LogP contribution in [0, 0.1) is 13.8 Å². The van der Waals surface area contributed by atoms with Gasteiger partial charge >= 0.3 is 0 Å². The fourth-order valence-electron chi connectivity index (χ4n) is 4.41. The SMILES string of the molecule is COCCCN1C(=S)N[C@H](c2ccccn2)[C@@H]1c1cc(C)n(Cc2ccncc2)c1C. The van der Waals surface area contributed by atoms with Crippen molar-refractivity contribution >= 4 is 17.3 Å². The zero-order valence-corrected chi connectivity index (χ0v) is 19.1. The number of thiocarbonyl (C=S) groups is 1. The van der Waals surface area contributed by atoms with Crippen molar-refractivity contribution in [2.75, 3.05) is 20.3 Å². The normalized spacial score (nSPS) is 18.4. The summed E-state index contributed by atoms with van der Waals surface area (Å²) >= 11 is 5.76. The number of hydrogen-bond acceptors (Lipinski definition) is 4. The number of pyridine rings is 2. The predicted molar refractivity (Wildman–Crippen MR) is 126 cm³/mol. The third-order valence-electron chi connectivity index (χ3n) is 5.97. The molecule has 7 heteroatoms. The number of nitrogens with one attached hydrogen (secondary N) is 1. The number of hydrogen-bond donors (Lipinski definition) is 1. The molecule has 1 N–H and O–H groups in total. The fraction of sp³-hybridized carbons (Fsp3) is 0.375. The first-order chi connectivity index (χ1) is 15.1. The van der Waals surface area contributed by atoms with Gasteiger partial charge in [-0.2, -0.15) is 0 Å². The first-order valence-corrected chi connectivity index (χ1v) is 11.0. The summed E-state index contributed by atoms with van der Waals surface area (Å²) in [5, 5.41) is 4.31. The second kappa shape index (κ2) is 9.58. The quantitative estimate of drug-likeness (QED) is 0.427. The van der Waals surface area contributed by atoms with E-state index < -0.39 is 0 Å². The molecular weight excluding hydrogens is 406 g/mol. The predicted octanol–water partition coefficient (Wildman–Crippen LogP) is 3.95. The first kappa shape index (κ1) is 21.5. The van der Waals surface area contributed by atoms with E-state index in [2.05, 4.69) is 62.9 Å². The molecule has 3 aromatic rings. The van der Waals surface area contributed by atoms with Gasteiger partial charge in [0.25, 0.3) is 0 Å². The van der Waals surface area contributed by atoms with E-state index in [1.165, 1.54) is 22.5 Å². The van der Waals surface area contributed by atoms with Gasteiger partial charge in [0.15, 0.2) is 5.11 Å². The number of aryl methyl sites for hydroxylation is 1. The van der Waals surface area contributed by atoms with Crippen molar-refractivity contribution in [1.29, 1.82) is 0 Å². The van der Waals surface area contributed by atoms with Gasteiger partial charge in [-0.15, -0.1) is 0 Å². The molecule has 1 fully saturated rings. The van der Waals surface area contributed by atoms with Crippen LogP contribution in [0.2, 0.25) is 0 Å². The third-order valence-corrected chi connectivity index (χ3v) is 6.32. The molecule has 4 rings (SSSR count). The van der Waals surface area contributed by atoms with Crippen LogP contribution >= 0.6 is 12.2 Å². The highest BCUT2D eigenvalue weighted by Crippen LogP contribution is 2.40. The van der Waals surface area contributed by atoms with Crippen LogP contribution < -0.4 is 5.32 Å². The summed E-state index contributed by atoms with van der Waals surface area (Å²) in [6.07, 6.45) is 6.45. The van der Waals surface area contributed by atoms with Crippen LogP contribution in [0.5, 0.6) is 0 Å². The monoisotopic (exact) mass is 435 g/mol. The Morgan fingerprint density at radius 3 is 2.65 bits per heavy atom. The van der Waals surface area contributed by atoms with E-state index in [1.807, 2.05) is 30.7 Å². The van der Waals surface area contributed by atoms with E-state index in [9.17, 15) is 0 Å². The lowest BCUT2D eigenvalue weighted by atomic mass is 9.96. The molecular formula is C24H29N5OS. The largest absolute Gasteiger partial charge is 0.385 e. The minimum atomic E-state index is 0.00567. The molecule has 3 aromatic heterocycles. The van der Waals surface area contributed by atoms with Crippen molar-refractivity contribution < 1.29 is 4.74 Å². The van der Waals surface area contributed by atoms with Crippen LogP contribution in [0.25, 0.3) is 0 Å². The van der Waals surface area contributed by atoms with E-state index in [4.69, 9.17) is 17.0 Å². The summed E-state index contributed by atoms with van der Waals surface area (Å²) in [5.74, 6) is 0. The van der Waals surface area contributed by atoms with Gasteiger partial charge in [-0.05, 0) is 73.9 Å². The average Bonchev–Trinajstić information content (AvgIpc) is 3.26. The lowest BCUT2D eigenvalue weighted by Crippen LogP contribution is -2.31. The Bertz CT molecular complexity index is 1020. The third kappa shape index (κ3) is 4.48. The van der Waals surface area contributed by atoms with E-state index in [1.54, 1.807) is 7.11 Å². The minimum Gasteiger partial charge on any atom is -0.385 e. The van der Waals surface area contributed by atoms with Crippen LogP contribution in [0.1, 0.15) is 46.7 Å². The summed E-state index contributed by atoms with van der Waals surface area (Å²) in [5.41, 5.74) is 6.01. The highest BCUT2D eigenvalue weighted by Gasteiger charge is 2.41. The summed E-state index contributed by atoms with van der Waals surface area (Å²) in [6, 6.07) is 12.6. The Balaban J connectivity index is 1.72. The van der Waals surface area contributed by atoms with Gasteiger partial charge in [0, 0.05) is 56.8 Å². The first-order valence-electron chi connectivity index (χ1n) is 10.6. The Labute approximate surface area is 189 Å². The topological polar surface area (TPSA) is 55.2 Å². The molecule has 2 atom stereocenters. The second-order valence-electron chi connectivity index (χ2n) is 7.93. The summed E-state index contributed by atoms with van der Waals surface area (Å²) < 4.78 is 7.66. The molecule has 0 saturated carbocycles. The molecule has 0 aliphatic carbocycles. The number of nitrogens with zero attached hydrogens (tertiary/aromatic N) is 4. The second-order valence-corrected chi connectivity index (χ2v) is 8.32. The van der Waals surface area contributed by atoms with Gasteiger partial charge in [0.1, 0.15) is 0 Å². The highest BCUT2D eigenvalue weighted by atomic mass is 32.1. The van der Waals surface area contributed by atoms with Gasteiger partial charge in [0.2, 0.25) is 0 Å². The summed E-state index contributed by atoms with van der Waals surface area (Å²) in [6.45, 7) is 6.74. The number of aromatic nitrogens is 3. The average molecular weight is 436 g/mol. The molecule has 0 amide bonds. The zero-order valence-electron chi connectivity index (χ0n) is 18.3. The van der Waals surface area contributed by atoms with E-state index in [0.717, 1.165) is 30.3 Å². The Morgan fingerprint density at radius 1 is 1.13 bits per heavy atom. The molecule has 0 bridgehead atoms. The van der Waals surface area contributed by atoms with Crippen LogP contribution in [-0.4, -0.2) is 44.8 Å². The van der Waals surface area contributed by atoms with Crippen molar-refractivity contribution in [2.45, 2.75) is 38.9 Å². The molecule has 1 saturated heterocycles. The number of methoxy groups -OCH3 is 1. The number of rotatable bonds is 8. The molecule has 6 nitrogen and oxygen atoms in total. The standard InChI is InChI=1S/C24H29N5OS/c1-17-15-20(18(2)29(17)16-19-8-11-25-12-9-19)23-22(21-7-4-5-10-26-21)27-24(31)28(23)13-6-14-30-3/h4-5,7-12,15,22-23H,6,13-14,16H2,1-3H3,(H,27,31)/t22-,23+/m1/s1. The van der Waals surface area contributed by atoms with Crippen molar-refractivity contribution in [2.24, 2.45) is 0 Å². The molecule has 1 aliphatic rings. The summed E-state index contributed by atoms with van der Waals surface area (Å²) in [4.78, 5) is 11.1. The molecule has 0 aromatic carbocycles. The van der Waals surface area contributed by atoms with Crippen molar-refractivity contribution in [3.63, 3.8) is 0 Å². The van der Waals surface area contributed by atoms with E-state index >= 15 is 0 Å². The Morgan fingerprint density at radius 2 is 1.94 bits per heavy atom. The molecule has 0 spiro atoms. The van der Waals surface area contributed by atoms with Crippen molar-refractivity contribution in [3.05, 3.63) is 83.2 Å². The van der Waals surface area contributed by atoms with Gasteiger partial charge in [-0.25, -0.2) is 0 Å². The maximum atomic E-state index is 5.76. The number of ether oxygens (including phenoxy) is 1. The van der Waals surface area contributed by atoms with E-state index in [0.29, 0.717) is 6.61 Å². The molecule has 1 aliphatic heterocycles. The van der Waals surface area contributed by atoms with Gasteiger partial charge in [-0.1, -0.05) is 6.07 Å². The zero-order chi connectivity index (χ0) is 21.8. The maximum Gasteiger partial charge on any atom is 0.170 e. The molecule has 31 heavy (non-hydrogen) atoms. The lowest BCUT2D eigenvalue weighted by Gasteiger charge is -2.28. The Hall–Kier alpha value is -2.77. The molecule has 162 valence electrons. The van der Waals surface area contributed by atoms with Crippen LogP contribution in [0.3, 0.4) is 0 Å². The van der Waals surface area contributed by atoms with Gasteiger partial charge in [0.05, 0.1) is 17.8 Å². The van der Waals surface area contributed by atoms with E-state index in [-0.39, 0.29) is 12.1 Å². The smallest absolute Gasteiger partial charge is 0.170 e. The van der Waals surface area contributed by atoms with Gasteiger partial charge < -0.3 is 19.5 Å². The maximum absolute atomic E-state index is 5.76. The minimum absolute atomic E-state index is 0.00567. The molecule has 4 heterocycles. The Kier molecular flexibility index (Phi) is 6.63. The fourth-order valence-corrected chi connectivity index (χ4v) is 4.74. The van der Waals surface area contributed by atoms with Crippen molar-refractivity contribution in [3.8, 4) is 0 Å². The molecule has 0 radical (unpaired) electrons. The van der Waals surface area contributed by atoms with Gasteiger partial charge in [-0.3, -0.25) is 9.97 Å². The van der Waals surface area contributed by atoms with Crippen LogP contribution in [0.15, 0.2) is 55.0 Å². The lowest BCUT2D eigenvalue weighted by molar-refractivity contribution is 0.180. The summed E-state index contributed by atoms with van der Waals surface area (Å²) in [7, 11) is 1.74. The highest BCUT2D eigenvalue weighted by molar-refractivity contribution is 7.80.